The van der Waals surface area contributed by atoms with E-state index >= 15 is 0 Å². The van der Waals surface area contributed by atoms with Crippen LogP contribution in [0, 0.1) is 0 Å². The van der Waals surface area contributed by atoms with E-state index in [-0.39, 0.29) is 11.3 Å². The molecule has 0 spiro atoms. The van der Waals surface area contributed by atoms with Crippen molar-refractivity contribution in [2.24, 2.45) is 0 Å². The lowest BCUT2D eigenvalue weighted by molar-refractivity contribution is -0.152. The molecule has 1 aromatic rings. The number of anilines is 1. The molecule has 1 N–H and O–H groups in total. The lowest BCUT2D eigenvalue weighted by Gasteiger charge is -2.26. The predicted octanol–water partition coefficient (Wildman–Crippen LogP) is 0.988. The van der Waals surface area contributed by atoms with Crippen molar-refractivity contribution in [3.8, 4) is 0 Å². The van der Waals surface area contributed by atoms with E-state index in [1.807, 2.05) is 0 Å². The van der Waals surface area contributed by atoms with Crippen LogP contribution >= 0.6 is 0 Å². The van der Waals surface area contributed by atoms with Crippen molar-refractivity contribution in [3.05, 3.63) is 24.3 Å². The maximum Gasteiger partial charge on any atom is 0.306 e. The van der Waals surface area contributed by atoms with Crippen molar-refractivity contribution in [1.82, 2.24) is 4.31 Å². The molecule has 0 aliphatic carbocycles. The molecule has 1 saturated heterocycles. The van der Waals surface area contributed by atoms with Gasteiger partial charge >= 0.3 is 5.97 Å². The fourth-order valence-electron chi connectivity index (χ4n) is 2.25. The van der Waals surface area contributed by atoms with Crippen LogP contribution in [0.25, 0.3) is 0 Å². The van der Waals surface area contributed by atoms with E-state index in [2.05, 4.69) is 5.32 Å². The molecule has 0 aromatic heterocycles. The summed E-state index contributed by atoms with van der Waals surface area (Å²) in [6.45, 7) is 4.39. The lowest BCUT2D eigenvalue weighted by Crippen LogP contribution is -2.40. The van der Waals surface area contributed by atoms with Gasteiger partial charge in [0.2, 0.25) is 10.0 Å². The van der Waals surface area contributed by atoms with Crippen LogP contribution in [0.4, 0.5) is 5.69 Å². The number of ether oxygens (including phenoxy) is 2. The van der Waals surface area contributed by atoms with Crippen LogP contribution in [0.5, 0.6) is 0 Å². The number of morpholine rings is 1. The van der Waals surface area contributed by atoms with E-state index in [0.717, 1.165) is 0 Å². The van der Waals surface area contributed by atoms with Crippen LogP contribution in [0.1, 0.15) is 20.3 Å². The molecule has 138 valence electrons. The third-order valence-electron chi connectivity index (χ3n) is 3.68. The Morgan fingerprint density at radius 3 is 2.64 bits per heavy atom. The predicted molar refractivity (Wildman–Crippen MR) is 90.5 cm³/mol. The number of nitrogens with one attached hydrogen (secondary N) is 1. The monoisotopic (exact) mass is 370 g/mol. The van der Waals surface area contributed by atoms with Crippen LogP contribution in [0.3, 0.4) is 0 Å². The summed E-state index contributed by atoms with van der Waals surface area (Å²) in [5, 5.41) is 2.56. The van der Waals surface area contributed by atoms with Crippen LogP contribution in [-0.2, 0) is 29.1 Å². The van der Waals surface area contributed by atoms with Gasteiger partial charge in [0.25, 0.3) is 5.91 Å². The Hall–Kier alpha value is -1.97. The Balaban J connectivity index is 2.10. The van der Waals surface area contributed by atoms with Gasteiger partial charge in [-0.05, 0) is 25.1 Å². The number of nitrogens with zero attached hydrogens (tertiary/aromatic N) is 1. The number of hydrogen-bond acceptors (Lipinski definition) is 6. The normalized spacial score (nSPS) is 16.9. The Morgan fingerprint density at radius 1 is 1.32 bits per heavy atom. The minimum atomic E-state index is -3.65. The Bertz CT molecular complexity index is 728. The van der Waals surface area contributed by atoms with Gasteiger partial charge in [-0.2, -0.15) is 4.31 Å². The molecule has 1 fully saturated rings. The van der Waals surface area contributed by atoms with Crippen molar-refractivity contribution in [3.63, 3.8) is 0 Å². The summed E-state index contributed by atoms with van der Waals surface area (Å²) in [4.78, 5) is 23.4. The number of esters is 1. The highest BCUT2D eigenvalue weighted by Gasteiger charge is 2.26. The quantitative estimate of drug-likeness (QED) is 0.749. The SMILES string of the molecule is CCC(=O)O[C@@H](C)C(=O)Nc1cccc(S(=O)(=O)N2CCOCC2)c1. The van der Waals surface area contributed by atoms with Crippen LogP contribution in [-0.4, -0.2) is 57.0 Å². The molecule has 1 amide bonds. The maximum absolute atomic E-state index is 12.6. The van der Waals surface area contributed by atoms with Gasteiger partial charge in [-0.25, -0.2) is 8.42 Å². The molecular weight excluding hydrogens is 348 g/mol. The molecule has 8 nitrogen and oxygen atoms in total. The summed E-state index contributed by atoms with van der Waals surface area (Å²) in [7, 11) is -3.65. The van der Waals surface area contributed by atoms with Gasteiger partial charge in [-0.1, -0.05) is 13.0 Å². The number of amides is 1. The van der Waals surface area contributed by atoms with E-state index in [9.17, 15) is 18.0 Å². The number of hydrogen-bond donors (Lipinski definition) is 1. The van der Waals surface area contributed by atoms with E-state index < -0.39 is 28.0 Å². The number of rotatable bonds is 6. The average molecular weight is 370 g/mol. The van der Waals surface area contributed by atoms with Gasteiger partial charge in [0, 0.05) is 25.2 Å². The standard InChI is InChI=1S/C16H22N2O6S/c1-3-15(19)24-12(2)16(20)17-13-5-4-6-14(11-13)25(21,22)18-7-9-23-10-8-18/h4-6,11-12H,3,7-10H2,1-2H3,(H,17,20)/t12-/m0/s1. The molecule has 25 heavy (non-hydrogen) atoms. The second-order valence-corrected chi connectivity index (χ2v) is 7.46. The van der Waals surface area contributed by atoms with Crippen molar-refractivity contribution in [2.45, 2.75) is 31.3 Å². The molecule has 0 unspecified atom stereocenters. The second-order valence-electron chi connectivity index (χ2n) is 5.52. The minimum Gasteiger partial charge on any atom is -0.453 e. The molecule has 9 heteroatoms. The molecule has 1 aromatic carbocycles. The Labute approximate surface area is 147 Å². The summed E-state index contributed by atoms with van der Waals surface area (Å²) in [5.74, 6) is -1.01. The Morgan fingerprint density at radius 2 is 2.00 bits per heavy atom. The van der Waals surface area contributed by atoms with E-state index in [1.54, 1.807) is 19.1 Å². The first-order valence-corrected chi connectivity index (χ1v) is 9.47. The van der Waals surface area contributed by atoms with Crippen LogP contribution < -0.4 is 5.32 Å². The lowest BCUT2D eigenvalue weighted by atomic mass is 10.3. The van der Waals surface area contributed by atoms with Crippen molar-refractivity contribution in [1.29, 1.82) is 0 Å². The van der Waals surface area contributed by atoms with E-state index in [4.69, 9.17) is 9.47 Å². The average Bonchev–Trinajstić information content (AvgIpc) is 2.62. The zero-order valence-corrected chi connectivity index (χ0v) is 15.0. The topological polar surface area (TPSA) is 102 Å². The molecule has 1 aliphatic rings. The van der Waals surface area contributed by atoms with Gasteiger partial charge in [0.05, 0.1) is 18.1 Å². The smallest absolute Gasteiger partial charge is 0.306 e. The van der Waals surface area contributed by atoms with Crippen LogP contribution in [0.15, 0.2) is 29.2 Å². The fourth-order valence-corrected chi connectivity index (χ4v) is 3.70. The molecule has 1 heterocycles. The molecule has 1 aliphatic heterocycles. The summed E-state index contributed by atoms with van der Waals surface area (Å²) < 4.78 is 36.7. The number of carbonyl (C=O) groups excluding carboxylic acids is 2. The summed E-state index contributed by atoms with van der Waals surface area (Å²) in [6.07, 6.45) is -0.794. The highest BCUT2D eigenvalue weighted by Crippen LogP contribution is 2.20. The highest BCUT2D eigenvalue weighted by molar-refractivity contribution is 7.89. The van der Waals surface area contributed by atoms with Gasteiger partial charge in [-0.3, -0.25) is 9.59 Å². The third-order valence-corrected chi connectivity index (χ3v) is 5.57. The summed E-state index contributed by atoms with van der Waals surface area (Å²) in [6, 6.07) is 5.98. The van der Waals surface area contributed by atoms with E-state index in [1.165, 1.54) is 23.4 Å². The molecule has 0 bridgehead atoms. The molecule has 1 atom stereocenters. The van der Waals surface area contributed by atoms with E-state index in [0.29, 0.717) is 32.0 Å². The van der Waals surface area contributed by atoms with Gasteiger partial charge < -0.3 is 14.8 Å². The first-order chi connectivity index (χ1) is 11.8. The fraction of sp³-hybridized carbons (Fsp3) is 0.500. The van der Waals surface area contributed by atoms with Gasteiger partial charge in [-0.15, -0.1) is 0 Å². The number of sulfonamides is 1. The maximum atomic E-state index is 12.6. The first-order valence-electron chi connectivity index (χ1n) is 8.03. The van der Waals surface area contributed by atoms with Gasteiger partial charge in [0.1, 0.15) is 0 Å². The highest BCUT2D eigenvalue weighted by atomic mass is 32.2. The molecule has 0 saturated carbocycles. The van der Waals surface area contributed by atoms with Gasteiger partial charge in [0.15, 0.2) is 6.10 Å². The second kappa shape index (κ2) is 8.41. The molecular formula is C16H22N2O6S. The van der Waals surface area contributed by atoms with Crippen LogP contribution in [0.2, 0.25) is 0 Å². The number of carbonyl (C=O) groups is 2. The Kier molecular flexibility index (Phi) is 6.51. The number of benzene rings is 1. The van der Waals surface area contributed by atoms with Crippen molar-refractivity contribution in [2.75, 3.05) is 31.6 Å². The van der Waals surface area contributed by atoms with Crippen molar-refractivity contribution < 1.29 is 27.5 Å². The summed E-state index contributed by atoms with van der Waals surface area (Å²) in [5.41, 5.74) is 0.318. The minimum absolute atomic E-state index is 0.0883. The largest absolute Gasteiger partial charge is 0.453 e. The summed E-state index contributed by atoms with van der Waals surface area (Å²) >= 11 is 0. The third kappa shape index (κ3) is 5.00. The molecule has 2 rings (SSSR count). The van der Waals surface area contributed by atoms with Crippen molar-refractivity contribution >= 4 is 27.6 Å². The first kappa shape index (κ1) is 19.4. The molecule has 0 radical (unpaired) electrons. The zero-order valence-electron chi connectivity index (χ0n) is 14.2. The zero-order chi connectivity index (χ0) is 18.4.